The number of carboxylic acid groups (broad SMARTS) is 1. The van der Waals surface area contributed by atoms with Gasteiger partial charge in [-0.25, -0.2) is 4.98 Å². The first-order chi connectivity index (χ1) is 10.0. The van der Waals surface area contributed by atoms with E-state index in [1.165, 1.54) is 0 Å². The van der Waals surface area contributed by atoms with Gasteiger partial charge in [0.25, 0.3) is 0 Å². The van der Waals surface area contributed by atoms with Crippen LogP contribution in [0.1, 0.15) is 18.4 Å². The molecule has 0 radical (unpaired) electrons. The fourth-order valence-electron chi connectivity index (χ4n) is 2.07. The fourth-order valence-corrected chi connectivity index (χ4v) is 2.20. The van der Waals surface area contributed by atoms with Crippen molar-refractivity contribution in [3.05, 3.63) is 53.1 Å². The average molecular weight is 302 g/mol. The molecule has 1 heterocycles. The highest BCUT2D eigenvalue weighted by Gasteiger charge is 2.16. The molecule has 21 heavy (non-hydrogen) atoms. The van der Waals surface area contributed by atoms with E-state index in [-0.39, 0.29) is 0 Å². The van der Waals surface area contributed by atoms with Crippen molar-refractivity contribution in [1.82, 2.24) is 4.98 Å². The van der Waals surface area contributed by atoms with Gasteiger partial charge in [0, 0.05) is 10.6 Å². The zero-order valence-corrected chi connectivity index (χ0v) is 12.0. The summed E-state index contributed by atoms with van der Waals surface area (Å²) in [6.07, 6.45) is 0. The number of hydrogen-bond donors (Lipinski definition) is 1. The van der Waals surface area contributed by atoms with Crippen LogP contribution in [0.2, 0.25) is 5.02 Å². The topological polar surface area (TPSA) is 63.3 Å². The predicted molar refractivity (Wildman–Crippen MR) is 80.5 cm³/mol. The number of aliphatic carboxylic acids is 1. The molecule has 1 N–H and O–H groups in total. The predicted octanol–water partition coefficient (Wildman–Crippen LogP) is 4.34. The van der Waals surface area contributed by atoms with E-state index in [4.69, 9.17) is 21.1 Å². The molecule has 0 spiro atoms. The van der Waals surface area contributed by atoms with Crippen molar-refractivity contribution in [2.45, 2.75) is 12.8 Å². The van der Waals surface area contributed by atoms with Crippen LogP contribution >= 0.6 is 11.6 Å². The second-order valence-electron chi connectivity index (χ2n) is 4.81. The largest absolute Gasteiger partial charge is 0.481 e. The third kappa shape index (κ3) is 2.62. The number of carboxylic acids is 1. The number of aromatic nitrogens is 1. The second kappa shape index (κ2) is 5.22. The van der Waals surface area contributed by atoms with Crippen LogP contribution in [0.25, 0.3) is 22.6 Å². The Labute approximate surface area is 126 Å². The molecule has 0 aliphatic heterocycles. The van der Waals surface area contributed by atoms with E-state index in [1.54, 1.807) is 37.3 Å². The lowest BCUT2D eigenvalue weighted by Crippen LogP contribution is -2.06. The molecule has 0 aliphatic rings. The van der Waals surface area contributed by atoms with Gasteiger partial charge < -0.3 is 9.52 Å². The Balaban J connectivity index is 2.04. The molecule has 1 atom stereocenters. The Morgan fingerprint density at radius 2 is 1.95 bits per heavy atom. The highest BCUT2D eigenvalue weighted by Crippen LogP contribution is 2.27. The van der Waals surface area contributed by atoms with Crippen molar-refractivity contribution in [3.63, 3.8) is 0 Å². The molecule has 0 fully saturated rings. The van der Waals surface area contributed by atoms with Gasteiger partial charge in [-0.15, -0.1) is 0 Å². The van der Waals surface area contributed by atoms with Crippen molar-refractivity contribution in [1.29, 1.82) is 0 Å². The van der Waals surface area contributed by atoms with Crippen molar-refractivity contribution in [2.75, 3.05) is 0 Å². The van der Waals surface area contributed by atoms with Crippen LogP contribution in [0, 0.1) is 0 Å². The van der Waals surface area contributed by atoms with E-state index in [1.807, 2.05) is 12.1 Å². The summed E-state index contributed by atoms with van der Waals surface area (Å²) in [4.78, 5) is 15.5. The first-order valence-electron chi connectivity index (χ1n) is 6.44. The van der Waals surface area contributed by atoms with Crippen LogP contribution in [0.4, 0.5) is 0 Å². The van der Waals surface area contributed by atoms with Gasteiger partial charge in [-0.05, 0) is 48.9 Å². The molecule has 2 aromatic carbocycles. The van der Waals surface area contributed by atoms with Crippen LogP contribution in [0.5, 0.6) is 0 Å². The highest BCUT2D eigenvalue weighted by molar-refractivity contribution is 6.30. The first-order valence-corrected chi connectivity index (χ1v) is 6.81. The number of rotatable bonds is 3. The minimum Gasteiger partial charge on any atom is -0.481 e. The molecular formula is C16H12ClNO3. The number of benzene rings is 2. The molecule has 0 amide bonds. The van der Waals surface area contributed by atoms with Crippen molar-refractivity contribution >= 4 is 28.7 Å². The molecule has 1 aromatic heterocycles. The Bertz CT molecular complexity index is 808. The highest BCUT2D eigenvalue weighted by atomic mass is 35.5. The van der Waals surface area contributed by atoms with E-state index in [0.29, 0.717) is 27.6 Å². The molecule has 106 valence electrons. The maximum Gasteiger partial charge on any atom is 0.310 e. The summed E-state index contributed by atoms with van der Waals surface area (Å²) >= 11 is 5.86. The molecule has 0 aliphatic carbocycles. The van der Waals surface area contributed by atoms with E-state index < -0.39 is 11.9 Å². The lowest BCUT2D eigenvalue weighted by atomic mass is 10.0. The molecule has 5 heteroatoms. The molecular weight excluding hydrogens is 290 g/mol. The monoisotopic (exact) mass is 301 g/mol. The number of fused-ring (bicyclic) bond motifs is 1. The summed E-state index contributed by atoms with van der Waals surface area (Å²) in [5, 5.41) is 9.71. The van der Waals surface area contributed by atoms with Crippen molar-refractivity contribution in [3.8, 4) is 11.5 Å². The number of carbonyl (C=O) groups is 1. The Morgan fingerprint density at radius 1 is 1.24 bits per heavy atom. The van der Waals surface area contributed by atoms with Crippen LogP contribution in [0.3, 0.4) is 0 Å². The summed E-state index contributed by atoms with van der Waals surface area (Å²) in [7, 11) is 0. The molecule has 3 aromatic rings. The second-order valence-corrected chi connectivity index (χ2v) is 5.25. The fraction of sp³-hybridized carbons (Fsp3) is 0.125. The molecule has 0 bridgehead atoms. The summed E-state index contributed by atoms with van der Waals surface area (Å²) < 4.78 is 5.69. The van der Waals surface area contributed by atoms with Gasteiger partial charge in [0.05, 0.1) is 5.92 Å². The lowest BCUT2D eigenvalue weighted by Gasteiger charge is -2.04. The van der Waals surface area contributed by atoms with Crippen LogP contribution in [0.15, 0.2) is 46.9 Å². The van der Waals surface area contributed by atoms with Gasteiger partial charge in [0.2, 0.25) is 5.89 Å². The summed E-state index contributed by atoms with van der Waals surface area (Å²) in [6.45, 7) is 1.64. The molecule has 0 saturated carbocycles. The molecule has 0 unspecified atom stereocenters. The minimum atomic E-state index is -0.865. The maximum absolute atomic E-state index is 11.0. The van der Waals surface area contributed by atoms with E-state index in [2.05, 4.69) is 4.98 Å². The maximum atomic E-state index is 11.0. The number of oxazole rings is 1. The minimum absolute atomic E-state index is 0.488. The summed E-state index contributed by atoms with van der Waals surface area (Å²) in [5.41, 5.74) is 2.79. The smallest absolute Gasteiger partial charge is 0.310 e. The van der Waals surface area contributed by atoms with Crippen molar-refractivity contribution < 1.29 is 14.3 Å². The summed E-state index contributed by atoms with van der Waals surface area (Å²) in [5.74, 6) is -0.956. The van der Waals surface area contributed by atoms with E-state index in [0.717, 1.165) is 5.56 Å². The quantitative estimate of drug-likeness (QED) is 0.781. The number of halogens is 1. The normalized spacial score (nSPS) is 12.5. The van der Waals surface area contributed by atoms with Gasteiger partial charge >= 0.3 is 5.97 Å². The summed E-state index contributed by atoms with van der Waals surface area (Å²) in [6, 6.07) is 12.4. The Morgan fingerprint density at radius 3 is 2.62 bits per heavy atom. The average Bonchev–Trinajstić information content (AvgIpc) is 2.89. The van der Waals surface area contributed by atoms with Gasteiger partial charge in [-0.1, -0.05) is 17.7 Å². The molecule has 3 rings (SSSR count). The Hall–Kier alpha value is -2.33. The number of nitrogens with zero attached hydrogens (tertiary/aromatic N) is 1. The molecule has 4 nitrogen and oxygen atoms in total. The van der Waals surface area contributed by atoms with Crippen LogP contribution in [-0.2, 0) is 4.79 Å². The van der Waals surface area contributed by atoms with Gasteiger partial charge in [0.1, 0.15) is 5.52 Å². The third-order valence-electron chi connectivity index (χ3n) is 3.37. The van der Waals surface area contributed by atoms with Gasteiger partial charge in [0.15, 0.2) is 5.58 Å². The Kier molecular flexibility index (Phi) is 3.39. The number of hydrogen-bond acceptors (Lipinski definition) is 3. The van der Waals surface area contributed by atoms with Gasteiger partial charge in [-0.3, -0.25) is 4.79 Å². The zero-order chi connectivity index (χ0) is 15.0. The SMILES string of the molecule is C[C@@H](C(=O)O)c1ccc2oc(-c3ccc(Cl)cc3)nc2c1. The zero-order valence-electron chi connectivity index (χ0n) is 11.2. The van der Waals surface area contributed by atoms with E-state index >= 15 is 0 Å². The van der Waals surface area contributed by atoms with Crippen molar-refractivity contribution in [2.24, 2.45) is 0 Å². The third-order valence-corrected chi connectivity index (χ3v) is 3.63. The first kappa shape index (κ1) is 13.6. The van der Waals surface area contributed by atoms with E-state index in [9.17, 15) is 4.79 Å². The van der Waals surface area contributed by atoms with Gasteiger partial charge in [-0.2, -0.15) is 0 Å². The van der Waals surface area contributed by atoms with Crippen LogP contribution < -0.4 is 0 Å². The standard InChI is InChI=1S/C16H12ClNO3/c1-9(16(19)20)11-4-7-14-13(8-11)18-15(21-14)10-2-5-12(17)6-3-10/h2-9H,1H3,(H,19,20)/t9-/m1/s1. The lowest BCUT2D eigenvalue weighted by molar-refractivity contribution is -0.138. The molecule has 0 saturated heterocycles. The van der Waals surface area contributed by atoms with Crippen LogP contribution in [-0.4, -0.2) is 16.1 Å².